The Labute approximate surface area is 201 Å². The summed E-state index contributed by atoms with van der Waals surface area (Å²) in [4.78, 5) is 0. The molecule has 5 rings (SSSR count). The fraction of sp³-hybridized carbons (Fsp3) is 0.0800. The standard InChI is InChI=1S/C16H11Cl2N5O.C9H8/c17-13-2-1-3-14(18)16(13)24-9-11-8-23(22-20-11)12-4-5-15-10(6-12)7-19-21-15;1-2-6-9-7-4-3-5-8-9/h1-8H,9H2,(H,19,21);1,3-5,7-8H,6H2. The number of rotatable bonds is 5. The van der Waals surface area contributed by atoms with Crippen LogP contribution in [0.15, 0.2) is 79.1 Å². The van der Waals surface area contributed by atoms with Crippen LogP contribution in [-0.2, 0) is 13.0 Å². The van der Waals surface area contributed by atoms with Crippen molar-refractivity contribution in [2.75, 3.05) is 0 Å². The maximum absolute atomic E-state index is 6.08. The summed E-state index contributed by atoms with van der Waals surface area (Å²) in [7, 11) is 0. The molecule has 0 atom stereocenters. The van der Waals surface area contributed by atoms with Gasteiger partial charge in [-0.1, -0.05) is 64.8 Å². The molecule has 3 aromatic carbocycles. The molecule has 0 saturated heterocycles. The lowest BCUT2D eigenvalue weighted by atomic mass is 10.2. The van der Waals surface area contributed by atoms with Crippen molar-refractivity contribution < 1.29 is 4.74 Å². The van der Waals surface area contributed by atoms with Gasteiger partial charge >= 0.3 is 0 Å². The minimum absolute atomic E-state index is 0.220. The van der Waals surface area contributed by atoms with Gasteiger partial charge in [0.15, 0.2) is 5.75 Å². The van der Waals surface area contributed by atoms with Crippen LogP contribution in [0.2, 0.25) is 10.0 Å². The van der Waals surface area contributed by atoms with E-state index in [4.69, 9.17) is 34.4 Å². The van der Waals surface area contributed by atoms with E-state index in [1.807, 2.05) is 48.5 Å². The fourth-order valence-electron chi connectivity index (χ4n) is 3.04. The molecular formula is C25H19Cl2N5O. The quantitative estimate of drug-likeness (QED) is 0.321. The van der Waals surface area contributed by atoms with Gasteiger partial charge in [-0.25, -0.2) is 4.68 Å². The molecule has 164 valence electrons. The third-order valence-corrected chi connectivity index (χ3v) is 5.26. The average Bonchev–Trinajstić information content (AvgIpc) is 3.49. The molecular weight excluding hydrogens is 457 g/mol. The Balaban J connectivity index is 0.000000243. The maximum Gasteiger partial charge on any atom is 0.157 e. The lowest BCUT2D eigenvalue weighted by molar-refractivity contribution is 0.301. The lowest BCUT2D eigenvalue weighted by Gasteiger charge is -2.07. The zero-order valence-electron chi connectivity index (χ0n) is 17.5. The summed E-state index contributed by atoms with van der Waals surface area (Å²) in [6.45, 7) is 0.220. The second-order valence-corrected chi connectivity index (χ2v) is 7.82. The van der Waals surface area contributed by atoms with Gasteiger partial charge < -0.3 is 4.74 Å². The number of nitrogens with one attached hydrogen (secondary N) is 1. The molecule has 0 amide bonds. The van der Waals surface area contributed by atoms with Gasteiger partial charge in [0.2, 0.25) is 0 Å². The van der Waals surface area contributed by atoms with E-state index in [0.29, 0.717) is 21.5 Å². The van der Waals surface area contributed by atoms with Crippen LogP contribution in [0.25, 0.3) is 16.6 Å². The maximum atomic E-state index is 6.08. The highest BCUT2D eigenvalue weighted by atomic mass is 35.5. The van der Waals surface area contributed by atoms with Crippen molar-refractivity contribution in [2.24, 2.45) is 0 Å². The number of hydrogen-bond acceptors (Lipinski definition) is 4. The van der Waals surface area contributed by atoms with E-state index in [1.165, 1.54) is 5.56 Å². The summed E-state index contributed by atoms with van der Waals surface area (Å²) in [5, 5.41) is 17.1. The Hall–Kier alpha value is -3.79. The smallest absolute Gasteiger partial charge is 0.157 e. The van der Waals surface area contributed by atoms with Gasteiger partial charge in [-0.2, -0.15) is 5.10 Å². The number of aromatic amines is 1. The molecule has 0 spiro atoms. The fourth-order valence-corrected chi connectivity index (χ4v) is 3.55. The first kappa shape index (κ1) is 22.4. The predicted octanol–water partition coefficient (Wildman–Crippen LogP) is 5.89. The van der Waals surface area contributed by atoms with Crippen molar-refractivity contribution in [2.45, 2.75) is 13.0 Å². The number of hydrogen-bond donors (Lipinski definition) is 1. The van der Waals surface area contributed by atoms with E-state index in [9.17, 15) is 0 Å². The van der Waals surface area contributed by atoms with Gasteiger partial charge in [0.1, 0.15) is 12.3 Å². The van der Waals surface area contributed by atoms with Gasteiger partial charge in [-0.3, -0.25) is 5.10 Å². The number of ether oxygens (including phenoxy) is 1. The normalized spacial score (nSPS) is 10.3. The van der Waals surface area contributed by atoms with Crippen molar-refractivity contribution in [3.8, 4) is 23.8 Å². The highest BCUT2D eigenvalue weighted by Crippen LogP contribution is 2.32. The van der Waals surface area contributed by atoms with E-state index in [1.54, 1.807) is 35.3 Å². The van der Waals surface area contributed by atoms with Crippen LogP contribution in [0.5, 0.6) is 5.75 Å². The average molecular weight is 476 g/mol. The van der Waals surface area contributed by atoms with E-state index in [0.717, 1.165) is 23.0 Å². The first-order valence-corrected chi connectivity index (χ1v) is 10.8. The molecule has 0 aliphatic heterocycles. The molecule has 0 saturated carbocycles. The molecule has 1 N–H and O–H groups in total. The zero-order chi connectivity index (χ0) is 23.0. The van der Waals surface area contributed by atoms with Crippen molar-refractivity contribution >= 4 is 34.1 Å². The van der Waals surface area contributed by atoms with Crippen molar-refractivity contribution in [3.05, 3.63) is 100 Å². The van der Waals surface area contributed by atoms with Crippen molar-refractivity contribution in [1.29, 1.82) is 0 Å². The Bertz CT molecular complexity index is 1370. The van der Waals surface area contributed by atoms with Gasteiger partial charge in [-0.15, -0.1) is 17.4 Å². The van der Waals surface area contributed by atoms with Crippen LogP contribution >= 0.6 is 23.2 Å². The second kappa shape index (κ2) is 10.7. The number of nitrogens with zero attached hydrogens (tertiary/aromatic N) is 4. The summed E-state index contributed by atoms with van der Waals surface area (Å²) < 4.78 is 7.35. The molecule has 5 aromatic rings. The summed E-state index contributed by atoms with van der Waals surface area (Å²) in [6, 6.07) is 21.1. The second-order valence-electron chi connectivity index (χ2n) is 7.00. The Morgan fingerprint density at radius 3 is 2.55 bits per heavy atom. The molecule has 8 heteroatoms. The number of halogens is 2. The first-order chi connectivity index (χ1) is 16.1. The number of fused-ring (bicyclic) bond motifs is 1. The molecule has 2 heterocycles. The van der Waals surface area contributed by atoms with E-state index in [2.05, 4.69) is 26.4 Å². The summed E-state index contributed by atoms with van der Waals surface area (Å²) >= 11 is 12.2. The van der Waals surface area contributed by atoms with Crippen LogP contribution in [0.3, 0.4) is 0 Å². The first-order valence-electron chi connectivity index (χ1n) is 10.0. The third kappa shape index (κ3) is 5.72. The number of H-pyrrole nitrogens is 1. The summed E-state index contributed by atoms with van der Waals surface area (Å²) in [5.41, 5.74) is 3.73. The Morgan fingerprint density at radius 2 is 1.79 bits per heavy atom. The van der Waals surface area contributed by atoms with Crippen LogP contribution in [0.4, 0.5) is 0 Å². The number of terminal acetylenes is 1. The highest BCUT2D eigenvalue weighted by molar-refractivity contribution is 6.37. The SMILES string of the molecule is C#CCc1ccccc1.Clc1cccc(Cl)c1OCc1cn(-c2ccc3[nH]ncc3c2)nn1. The largest absolute Gasteiger partial charge is 0.484 e. The molecule has 2 aromatic heterocycles. The Kier molecular flexibility index (Phi) is 7.26. The van der Waals surface area contributed by atoms with E-state index < -0.39 is 0 Å². The zero-order valence-corrected chi connectivity index (χ0v) is 19.0. The molecule has 0 aliphatic carbocycles. The van der Waals surface area contributed by atoms with Crippen molar-refractivity contribution in [1.82, 2.24) is 25.2 Å². The topological polar surface area (TPSA) is 68.6 Å². The highest BCUT2D eigenvalue weighted by Gasteiger charge is 2.09. The van der Waals surface area contributed by atoms with Gasteiger partial charge in [-0.05, 0) is 35.9 Å². The van der Waals surface area contributed by atoms with Gasteiger partial charge in [0.05, 0.1) is 33.6 Å². The minimum Gasteiger partial charge on any atom is -0.484 e. The molecule has 0 radical (unpaired) electrons. The van der Waals surface area contributed by atoms with Crippen molar-refractivity contribution in [3.63, 3.8) is 0 Å². The van der Waals surface area contributed by atoms with E-state index in [-0.39, 0.29) is 6.61 Å². The molecule has 0 bridgehead atoms. The molecule has 0 fully saturated rings. The Morgan fingerprint density at radius 1 is 1.00 bits per heavy atom. The van der Waals surface area contributed by atoms with E-state index >= 15 is 0 Å². The molecule has 33 heavy (non-hydrogen) atoms. The third-order valence-electron chi connectivity index (χ3n) is 4.66. The van der Waals surface area contributed by atoms with Gasteiger partial charge in [0, 0.05) is 11.8 Å². The lowest BCUT2D eigenvalue weighted by Crippen LogP contribution is -1.97. The molecule has 0 unspecified atom stereocenters. The number of benzene rings is 3. The number of aromatic nitrogens is 5. The monoisotopic (exact) mass is 475 g/mol. The predicted molar refractivity (Wildman–Crippen MR) is 131 cm³/mol. The number of para-hydroxylation sites is 1. The van der Waals surface area contributed by atoms with Crippen LogP contribution < -0.4 is 4.74 Å². The van der Waals surface area contributed by atoms with Crippen LogP contribution in [0, 0.1) is 12.3 Å². The minimum atomic E-state index is 0.220. The summed E-state index contributed by atoms with van der Waals surface area (Å²) in [5.74, 6) is 3.02. The van der Waals surface area contributed by atoms with Crippen LogP contribution in [0.1, 0.15) is 11.3 Å². The molecule has 0 aliphatic rings. The molecule has 6 nitrogen and oxygen atoms in total. The van der Waals surface area contributed by atoms with Crippen LogP contribution in [-0.4, -0.2) is 25.2 Å². The summed E-state index contributed by atoms with van der Waals surface area (Å²) in [6.07, 6.45) is 9.41. The van der Waals surface area contributed by atoms with Gasteiger partial charge in [0.25, 0.3) is 0 Å².